The van der Waals surface area contributed by atoms with Gasteiger partial charge in [-0.3, -0.25) is 4.98 Å². The Labute approximate surface area is 146 Å². The Balaban J connectivity index is 2.12. The molecule has 0 aliphatic carbocycles. The third-order valence-corrected chi connectivity index (χ3v) is 3.74. The Bertz CT molecular complexity index is 918. The highest BCUT2D eigenvalue weighted by Gasteiger charge is 2.14. The first-order chi connectivity index (χ1) is 12.3. The molecule has 0 fully saturated rings. The molecular formula is C20H16N3O2. The Morgan fingerprint density at radius 2 is 1.96 bits per heavy atom. The van der Waals surface area contributed by atoms with Gasteiger partial charge in [0.05, 0.1) is 25.5 Å². The summed E-state index contributed by atoms with van der Waals surface area (Å²) < 4.78 is 10.7. The van der Waals surface area contributed by atoms with E-state index in [1.165, 1.54) is 0 Å². The van der Waals surface area contributed by atoms with E-state index in [0.29, 0.717) is 22.7 Å². The average Bonchev–Trinajstić information content (AvgIpc) is 2.68. The zero-order valence-electron chi connectivity index (χ0n) is 13.9. The first-order valence-corrected chi connectivity index (χ1v) is 7.60. The summed E-state index contributed by atoms with van der Waals surface area (Å²) in [6.07, 6.45) is 3.26. The van der Waals surface area contributed by atoms with Crippen molar-refractivity contribution in [2.75, 3.05) is 19.5 Å². The number of rotatable bonds is 5. The van der Waals surface area contributed by atoms with Crippen LogP contribution in [0, 0.1) is 17.4 Å². The summed E-state index contributed by atoms with van der Waals surface area (Å²) >= 11 is 0. The third kappa shape index (κ3) is 3.38. The molecule has 1 N–H and O–H groups in total. The van der Waals surface area contributed by atoms with Crippen molar-refractivity contribution in [2.24, 2.45) is 0 Å². The van der Waals surface area contributed by atoms with Gasteiger partial charge in [-0.25, -0.2) is 0 Å². The number of anilines is 2. The van der Waals surface area contributed by atoms with Crippen molar-refractivity contribution in [1.82, 2.24) is 4.98 Å². The number of nitrogens with zero attached hydrogens (tertiary/aromatic N) is 2. The van der Waals surface area contributed by atoms with Gasteiger partial charge in [0.25, 0.3) is 0 Å². The molecule has 0 saturated heterocycles. The summed E-state index contributed by atoms with van der Waals surface area (Å²) in [6, 6.07) is 18.2. The number of ether oxygens (including phenoxy) is 2. The molecule has 1 heterocycles. The third-order valence-electron chi connectivity index (χ3n) is 3.74. The molecule has 0 saturated carbocycles. The number of methoxy groups -OCH3 is 2. The quantitative estimate of drug-likeness (QED) is 0.760. The second-order valence-corrected chi connectivity index (χ2v) is 5.21. The summed E-state index contributed by atoms with van der Waals surface area (Å²) in [7, 11) is 3.18. The fourth-order valence-corrected chi connectivity index (χ4v) is 2.52. The lowest BCUT2D eigenvalue weighted by Crippen LogP contribution is -1.98. The molecule has 2 aromatic carbocycles. The first kappa shape index (κ1) is 16.3. The summed E-state index contributed by atoms with van der Waals surface area (Å²) in [5.74, 6) is 1.25. The number of aromatic nitrogens is 1. The van der Waals surface area contributed by atoms with Crippen LogP contribution >= 0.6 is 0 Å². The minimum Gasteiger partial charge on any atom is -0.493 e. The fraction of sp³-hybridized carbons (Fsp3) is 0.100. The highest BCUT2D eigenvalue weighted by Crippen LogP contribution is 2.37. The Morgan fingerprint density at radius 3 is 2.64 bits per heavy atom. The smallest absolute Gasteiger partial charge is 0.161 e. The van der Waals surface area contributed by atoms with E-state index >= 15 is 0 Å². The summed E-state index contributed by atoms with van der Waals surface area (Å²) in [5, 5.41) is 12.8. The number of nitriles is 1. The Morgan fingerprint density at radius 1 is 1.12 bits per heavy atom. The normalized spacial score (nSPS) is 9.96. The number of nitrogens with one attached hydrogen (secondary N) is 1. The lowest BCUT2D eigenvalue weighted by molar-refractivity contribution is 0.355. The van der Waals surface area contributed by atoms with E-state index in [-0.39, 0.29) is 0 Å². The van der Waals surface area contributed by atoms with Gasteiger partial charge in [0, 0.05) is 23.6 Å². The summed E-state index contributed by atoms with van der Waals surface area (Å²) in [4.78, 5) is 4.19. The van der Waals surface area contributed by atoms with Crippen LogP contribution in [0.4, 0.5) is 11.4 Å². The molecule has 0 atom stereocenters. The van der Waals surface area contributed by atoms with E-state index in [1.807, 2.05) is 42.5 Å². The van der Waals surface area contributed by atoms with Gasteiger partial charge in [0.15, 0.2) is 11.5 Å². The molecule has 5 nitrogen and oxygen atoms in total. The SMILES string of the molecule is COc1ccc(-c2cncc(C#N)c2Nc2c[c]ccc2)cc1OC. The molecule has 0 bridgehead atoms. The van der Waals surface area contributed by atoms with Gasteiger partial charge < -0.3 is 14.8 Å². The van der Waals surface area contributed by atoms with Crippen LogP contribution in [-0.4, -0.2) is 19.2 Å². The van der Waals surface area contributed by atoms with Crippen molar-refractivity contribution >= 4 is 11.4 Å². The maximum Gasteiger partial charge on any atom is 0.161 e. The van der Waals surface area contributed by atoms with Gasteiger partial charge >= 0.3 is 0 Å². The van der Waals surface area contributed by atoms with E-state index in [1.54, 1.807) is 26.6 Å². The van der Waals surface area contributed by atoms with Gasteiger partial charge in [-0.2, -0.15) is 5.26 Å². The van der Waals surface area contributed by atoms with Crippen molar-refractivity contribution in [3.05, 3.63) is 66.5 Å². The molecule has 0 amide bonds. The second-order valence-electron chi connectivity index (χ2n) is 5.21. The number of pyridine rings is 1. The highest BCUT2D eigenvalue weighted by molar-refractivity contribution is 5.85. The molecule has 0 spiro atoms. The largest absolute Gasteiger partial charge is 0.493 e. The van der Waals surface area contributed by atoms with Gasteiger partial charge in [-0.15, -0.1) is 0 Å². The molecule has 5 heteroatoms. The molecule has 1 aromatic heterocycles. The van der Waals surface area contributed by atoms with Crippen LogP contribution in [0.25, 0.3) is 11.1 Å². The summed E-state index contributed by atoms with van der Waals surface area (Å²) in [6.45, 7) is 0. The first-order valence-electron chi connectivity index (χ1n) is 7.60. The molecular weight excluding hydrogens is 314 g/mol. The average molecular weight is 330 g/mol. The van der Waals surface area contributed by atoms with Crippen LogP contribution in [0.3, 0.4) is 0 Å². The van der Waals surface area contributed by atoms with Gasteiger partial charge in [-0.05, 0) is 35.9 Å². The molecule has 0 unspecified atom stereocenters. The summed E-state index contributed by atoms with van der Waals surface area (Å²) in [5.41, 5.74) is 3.64. The molecule has 3 aromatic rings. The van der Waals surface area contributed by atoms with Crippen molar-refractivity contribution < 1.29 is 9.47 Å². The van der Waals surface area contributed by atoms with Crippen molar-refractivity contribution in [3.8, 4) is 28.7 Å². The number of hydrogen-bond donors (Lipinski definition) is 1. The van der Waals surface area contributed by atoms with Crippen LogP contribution in [0.2, 0.25) is 0 Å². The van der Waals surface area contributed by atoms with E-state index < -0.39 is 0 Å². The maximum absolute atomic E-state index is 9.47. The zero-order valence-corrected chi connectivity index (χ0v) is 13.9. The predicted octanol–water partition coefficient (Wildman–Crippen LogP) is 4.18. The van der Waals surface area contributed by atoms with Gasteiger partial charge in [0.2, 0.25) is 0 Å². The van der Waals surface area contributed by atoms with Crippen molar-refractivity contribution in [3.63, 3.8) is 0 Å². The molecule has 0 aliphatic rings. The van der Waals surface area contributed by atoms with E-state index in [4.69, 9.17) is 9.47 Å². The molecule has 123 valence electrons. The molecule has 3 rings (SSSR count). The predicted molar refractivity (Wildman–Crippen MR) is 96.1 cm³/mol. The topological polar surface area (TPSA) is 67.2 Å². The van der Waals surface area contributed by atoms with E-state index in [9.17, 15) is 5.26 Å². The van der Waals surface area contributed by atoms with Gasteiger partial charge in [-0.1, -0.05) is 18.2 Å². The molecule has 25 heavy (non-hydrogen) atoms. The fourth-order valence-electron chi connectivity index (χ4n) is 2.52. The van der Waals surface area contributed by atoms with Crippen LogP contribution in [0.5, 0.6) is 11.5 Å². The maximum atomic E-state index is 9.47. The zero-order chi connectivity index (χ0) is 17.6. The van der Waals surface area contributed by atoms with Gasteiger partial charge in [0.1, 0.15) is 6.07 Å². The monoisotopic (exact) mass is 330 g/mol. The Kier molecular flexibility index (Phi) is 4.82. The van der Waals surface area contributed by atoms with Crippen LogP contribution in [0.15, 0.2) is 54.9 Å². The van der Waals surface area contributed by atoms with Crippen LogP contribution in [-0.2, 0) is 0 Å². The van der Waals surface area contributed by atoms with Crippen molar-refractivity contribution in [1.29, 1.82) is 5.26 Å². The minimum absolute atomic E-state index is 0.455. The molecule has 0 aliphatic heterocycles. The number of benzene rings is 2. The van der Waals surface area contributed by atoms with Crippen molar-refractivity contribution in [2.45, 2.75) is 0 Å². The minimum atomic E-state index is 0.455. The van der Waals surface area contributed by atoms with E-state index in [0.717, 1.165) is 16.8 Å². The lowest BCUT2D eigenvalue weighted by Gasteiger charge is -2.15. The number of hydrogen-bond acceptors (Lipinski definition) is 5. The highest BCUT2D eigenvalue weighted by atomic mass is 16.5. The van der Waals surface area contributed by atoms with Crippen LogP contribution in [0.1, 0.15) is 5.56 Å². The standard InChI is InChI=1S/C20H16N3O2/c1-24-18-9-8-14(10-19(18)25-2)17-13-22-12-15(11-21)20(17)23-16-6-4-3-5-7-16/h3-4,6-10,12-13H,1-2H3,(H,22,23). The van der Waals surface area contributed by atoms with Crippen LogP contribution < -0.4 is 14.8 Å². The van der Waals surface area contributed by atoms with E-state index in [2.05, 4.69) is 22.4 Å². The second kappa shape index (κ2) is 7.37. The lowest BCUT2D eigenvalue weighted by atomic mass is 10.0. The Hall–Kier alpha value is -3.52. The molecule has 1 radical (unpaired) electrons.